The monoisotopic (exact) mass is 397 g/mol. The summed E-state index contributed by atoms with van der Waals surface area (Å²) < 4.78 is 69.0. The van der Waals surface area contributed by atoms with Crippen LogP contribution in [0.3, 0.4) is 0 Å². The Hall–Kier alpha value is -1.41. The van der Waals surface area contributed by atoms with Crippen LogP contribution in [0.4, 0.5) is 13.2 Å². The molecule has 26 heavy (non-hydrogen) atoms. The van der Waals surface area contributed by atoms with Gasteiger partial charge in [-0.1, -0.05) is 30.3 Å². The van der Waals surface area contributed by atoms with E-state index in [0.29, 0.717) is 0 Å². The van der Waals surface area contributed by atoms with Crippen LogP contribution in [-0.2, 0) is 28.7 Å². The van der Waals surface area contributed by atoms with E-state index in [2.05, 4.69) is 10.1 Å². The van der Waals surface area contributed by atoms with Crippen LogP contribution in [0.15, 0.2) is 30.3 Å². The lowest BCUT2D eigenvalue weighted by molar-refractivity contribution is -0.265. The lowest BCUT2D eigenvalue weighted by Gasteiger charge is -2.35. The smallest absolute Gasteiger partial charge is 0.356 e. The van der Waals surface area contributed by atoms with Crippen molar-refractivity contribution in [2.75, 3.05) is 20.3 Å². The summed E-state index contributed by atoms with van der Waals surface area (Å²) in [7, 11) is -3.06. The summed E-state index contributed by atoms with van der Waals surface area (Å²) >= 11 is 0. The van der Waals surface area contributed by atoms with Crippen LogP contribution in [0, 0.1) is 0 Å². The molecule has 0 bridgehead atoms. The molecule has 0 saturated heterocycles. The van der Waals surface area contributed by atoms with Crippen LogP contribution in [0.1, 0.15) is 26.3 Å². The van der Waals surface area contributed by atoms with E-state index in [1.165, 1.54) is 25.1 Å². The Bertz CT molecular complexity index is 631. The zero-order valence-electron chi connectivity index (χ0n) is 15.0. The van der Waals surface area contributed by atoms with E-state index >= 15 is 0 Å². The van der Waals surface area contributed by atoms with Crippen molar-refractivity contribution in [3.05, 3.63) is 35.9 Å². The molecule has 0 fully saturated rings. The van der Waals surface area contributed by atoms with Crippen molar-refractivity contribution in [3.63, 3.8) is 0 Å². The number of halogens is 3. The highest BCUT2D eigenvalue weighted by molar-refractivity contribution is 7.54. The van der Waals surface area contributed by atoms with Crippen molar-refractivity contribution in [1.82, 2.24) is 5.32 Å². The zero-order chi connectivity index (χ0) is 20.0. The molecule has 0 heterocycles. The number of hydrogen-bond donors (Lipinski definition) is 1. The molecule has 1 rings (SSSR count). The highest BCUT2D eigenvalue weighted by Gasteiger charge is 2.63. The molecule has 0 aromatic heterocycles. The van der Waals surface area contributed by atoms with Crippen molar-refractivity contribution in [2.24, 2.45) is 0 Å². The summed E-state index contributed by atoms with van der Waals surface area (Å²) in [6.07, 6.45) is -5.06. The number of amides is 1. The molecule has 2 atom stereocenters. The quantitative estimate of drug-likeness (QED) is 0.642. The molecule has 0 spiro atoms. The van der Waals surface area contributed by atoms with Gasteiger partial charge in [0.15, 0.2) is 0 Å². The lowest BCUT2D eigenvalue weighted by Crippen LogP contribution is -2.57. The van der Waals surface area contributed by atoms with Crippen LogP contribution in [0.25, 0.3) is 0 Å². The first-order valence-electron chi connectivity index (χ1n) is 7.96. The minimum Gasteiger partial charge on any atom is -0.356 e. The van der Waals surface area contributed by atoms with Crippen LogP contribution < -0.4 is 5.32 Å². The second kappa shape index (κ2) is 8.99. The summed E-state index contributed by atoms with van der Waals surface area (Å²) in [6.45, 7) is 4.38. The largest absolute Gasteiger partial charge is 0.430 e. The fourth-order valence-corrected chi connectivity index (χ4v) is 3.93. The summed E-state index contributed by atoms with van der Waals surface area (Å²) in [5.74, 6) is -2.82. The number of rotatable bonds is 9. The maximum atomic E-state index is 13.8. The van der Waals surface area contributed by atoms with Gasteiger partial charge in [-0.15, -0.1) is 0 Å². The molecule has 0 aliphatic rings. The summed E-state index contributed by atoms with van der Waals surface area (Å²) in [4.78, 5) is 12.6. The van der Waals surface area contributed by atoms with Gasteiger partial charge in [0.05, 0.1) is 13.2 Å². The van der Waals surface area contributed by atoms with Gasteiger partial charge in [-0.3, -0.25) is 9.36 Å². The van der Waals surface area contributed by atoms with E-state index in [-0.39, 0.29) is 13.2 Å². The second-order valence-corrected chi connectivity index (χ2v) is 7.64. The zero-order valence-corrected chi connectivity index (χ0v) is 15.9. The van der Waals surface area contributed by atoms with Crippen molar-refractivity contribution >= 4 is 13.5 Å². The van der Waals surface area contributed by atoms with Gasteiger partial charge in [0.25, 0.3) is 11.5 Å². The number of benzene rings is 1. The Labute approximate surface area is 150 Å². The van der Waals surface area contributed by atoms with Gasteiger partial charge in [0.2, 0.25) is 0 Å². The van der Waals surface area contributed by atoms with Gasteiger partial charge in [-0.05, 0) is 20.8 Å². The van der Waals surface area contributed by atoms with Crippen molar-refractivity contribution < 1.29 is 36.3 Å². The van der Waals surface area contributed by atoms with E-state index in [1.807, 2.05) is 0 Å². The Balaban J connectivity index is 3.28. The molecule has 6 nitrogen and oxygen atoms in total. The normalized spacial score (nSPS) is 16.0. The average Bonchev–Trinajstić information content (AvgIpc) is 2.56. The number of ether oxygens (including phenoxy) is 1. The first kappa shape index (κ1) is 22.6. The molecule has 10 heteroatoms. The molecule has 0 aliphatic heterocycles. The fraction of sp³-hybridized carbons (Fsp3) is 0.562. The number of carbonyl (C=O) groups excluding carboxylic acids is 1. The Morgan fingerprint density at radius 2 is 1.65 bits per heavy atom. The van der Waals surface area contributed by atoms with Gasteiger partial charge in [-0.25, -0.2) is 0 Å². The van der Waals surface area contributed by atoms with Crippen molar-refractivity contribution in [3.8, 4) is 0 Å². The third-order valence-corrected chi connectivity index (χ3v) is 5.95. The minimum atomic E-state index is -5.06. The topological polar surface area (TPSA) is 73.9 Å². The molecular formula is C16H23F3NO5P. The Morgan fingerprint density at radius 1 is 1.15 bits per heavy atom. The van der Waals surface area contributed by atoms with Crippen LogP contribution >= 0.6 is 7.60 Å². The molecule has 0 saturated carbocycles. The van der Waals surface area contributed by atoms with E-state index in [4.69, 9.17) is 9.05 Å². The van der Waals surface area contributed by atoms with Crippen LogP contribution in [0.2, 0.25) is 0 Å². The van der Waals surface area contributed by atoms with Crippen molar-refractivity contribution in [1.29, 1.82) is 0 Å². The summed E-state index contributed by atoms with van der Waals surface area (Å²) in [5, 5.41) is 2.09. The van der Waals surface area contributed by atoms with Gasteiger partial charge < -0.3 is 19.1 Å². The van der Waals surface area contributed by atoms with Crippen LogP contribution in [-0.4, -0.2) is 38.2 Å². The number of carbonyl (C=O) groups is 1. The Morgan fingerprint density at radius 3 is 2.04 bits per heavy atom. The summed E-state index contributed by atoms with van der Waals surface area (Å²) in [5.41, 5.74) is -3.66. The van der Waals surface area contributed by atoms with E-state index < -0.39 is 36.6 Å². The molecule has 1 aromatic carbocycles. The molecular weight excluding hydrogens is 374 g/mol. The van der Waals surface area contributed by atoms with E-state index in [0.717, 1.165) is 19.2 Å². The molecule has 1 aromatic rings. The third kappa shape index (κ3) is 4.46. The maximum absolute atomic E-state index is 13.8. The highest BCUT2D eigenvalue weighted by Crippen LogP contribution is 2.52. The summed E-state index contributed by atoms with van der Waals surface area (Å²) in [6, 6.07) is 6.49. The molecule has 148 valence electrons. The first-order chi connectivity index (χ1) is 12.1. The van der Waals surface area contributed by atoms with Gasteiger partial charge in [-0.2, -0.15) is 13.2 Å². The first-order valence-corrected chi connectivity index (χ1v) is 9.57. The standard InChI is InChI=1S/C16H23F3NO5P/c1-5-24-26(22,25-6-2)12(3)20-14(21)15(23-4,16(17,18)19)13-10-8-7-9-11-13/h7-12H,5-6H2,1-4H3,(H,20,21)/t12?,15-/m0/s1. The van der Waals surface area contributed by atoms with E-state index in [9.17, 15) is 22.5 Å². The SMILES string of the molecule is CCOP(=O)(OCC)C(C)NC(=O)[C@@](OC)(c1ccccc1)C(F)(F)F. The van der Waals surface area contributed by atoms with Crippen LogP contribution in [0.5, 0.6) is 0 Å². The maximum Gasteiger partial charge on any atom is 0.430 e. The third-order valence-electron chi connectivity index (χ3n) is 3.64. The molecule has 1 N–H and O–H groups in total. The minimum absolute atomic E-state index is 0.00483. The molecule has 1 amide bonds. The average molecular weight is 397 g/mol. The number of alkyl halides is 3. The molecule has 0 aliphatic carbocycles. The predicted molar refractivity (Wildman–Crippen MR) is 89.6 cm³/mol. The Kier molecular flexibility index (Phi) is 7.83. The lowest BCUT2D eigenvalue weighted by atomic mass is 9.91. The fourth-order valence-electron chi connectivity index (χ4n) is 2.41. The predicted octanol–water partition coefficient (Wildman–Crippen LogP) is 3.82. The van der Waals surface area contributed by atoms with E-state index in [1.54, 1.807) is 13.8 Å². The molecule has 1 unspecified atom stereocenters. The number of hydrogen-bond acceptors (Lipinski definition) is 5. The molecule has 0 radical (unpaired) electrons. The van der Waals surface area contributed by atoms with Gasteiger partial charge in [0.1, 0.15) is 5.78 Å². The number of nitrogens with one attached hydrogen (secondary N) is 1. The van der Waals surface area contributed by atoms with Gasteiger partial charge >= 0.3 is 13.8 Å². The number of methoxy groups -OCH3 is 1. The van der Waals surface area contributed by atoms with Gasteiger partial charge in [0, 0.05) is 12.7 Å². The van der Waals surface area contributed by atoms with Crippen molar-refractivity contribution in [2.45, 2.75) is 38.3 Å². The second-order valence-electron chi connectivity index (χ2n) is 5.27. The highest BCUT2D eigenvalue weighted by atomic mass is 31.2.